The summed E-state index contributed by atoms with van der Waals surface area (Å²) in [5.41, 5.74) is 0.329. The van der Waals surface area contributed by atoms with Crippen LogP contribution in [0, 0.1) is 34.0 Å². The Morgan fingerprint density at radius 2 is 1.44 bits per heavy atom. The molecule has 7 atom stereocenters. The average Bonchev–Trinajstić information content (AvgIpc) is 3.05. The van der Waals surface area contributed by atoms with Gasteiger partial charge in [-0.1, -0.05) is 27.7 Å². The molecule has 0 bridgehead atoms. The maximum Gasteiger partial charge on any atom is 0.306 e. The third-order valence-electron chi connectivity index (χ3n) is 9.52. The molecule has 4 fully saturated rings. The van der Waals surface area contributed by atoms with E-state index in [9.17, 15) is 9.90 Å². The first-order valence-corrected chi connectivity index (χ1v) is 10.4. The Morgan fingerprint density at radius 3 is 2.08 bits per heavy atom. The topological polar surface area (TPSA) is 46.5 Å². The first-order chi connectivity index (χ1) is 11.5. The van der Waals surface area contributed by atoms with Gasteiger partial charge in [-0.3, -0.25) is 4.79 Å². The van der Waals surface area contributed by atoms with E-state index in [0.29, 0.717) is 29.6 Å². The van der Waals surface area contributed by atoms with E-state index in [1.165, 1.54) is 25.7 Å². The van der Waals surface area contributed by atoms with Crippen LogP contribution in [0.1, 0.15) is 86.0 Å². The minimum atomic E-state index is -0.256. The van der Waals surface area contributed by atoms with Crippen LogP contribution in [0.5, 0.6) is 0 Å². The van der Waals surface area contributed by atoms with Crippen LogP contribution in [-0.4, -0.2) is 22.8 Å². The van der Waals surface area contributed by atoms with Crippen molar-refractivity contribution in [2.75, 3.05) is 0 Å². The number of esters is 1. The van der Waals surface area contributed by atoms with Crippen molar-refractivity contribution in [3.63, 3.8) is 0 Å². The van der Waals surface area contributed by atoms with Gasteiger partial charge in [-0.2, -0.15) is 0 Å². The Kier molecular flexibility index (Phi) is 3.74. The van der Waals surface area contributed by atoms with Crippen molar-refractivity contribution < 1.29 is 14.6 Å². The van der Waals surface area contributed by atoms with Crippen LogP contribution in [0.3, 0.4) is 0 Å². The SMILES string of the molecule is CC1(C)[C@@H](O)CC[C@]2(C)C3CC[C@@H]([C@]4(C)CCC(=O)O4)[C@]3(C)CC[C@@H]12. The van der Waals surface area contributed by atoms with E-state index in [1.54, 1.807) is 0 Å². The maximum atomic E-state index is 11.8. The number of cyclic esters (lactones) is 1. The molecular formula is C22H36O3. The number of carbonyl (C=O) groups is 1. The molecule has 4 rings (SSSR count). The van der Waals surface area contributed by atoms with E-state index >= 15 is 0 Å². The molecule has 0 amide bonds. The zero-order chi connectivity index (χ0) is 18.3. The molecule has 25 heavy (non-hydrogen) atoms. The lowest BCUT2D eigenvalue weighted by Crippen LogP contribution is -2.59. The van der Waals surface area contributed by atoms with Gasteiger partial charge in [0.15, 0.2) is 0 Å². The molecule has 1 aliphatic heterocycles. The third kappa shape index (κ3) is 2.23. The summed E-state index contributed by atoms with van der Waals surface area (Å²) in [5.74, 6) is 1.77. The molecule has 0 aromatic carbocycles. The van der Waals surface area contributed by atoms with Crippen LogP contribution in [-0.2, 0) is 9.53 Å². The normalized spacial score (nSPS) is 54.7. The van der Waals surface area contributed by atoms with Crippen LogP contribution in [0.4, 0.5) is 0 Å². The highest BCUT2D eigenvalue weighted by atomic mass is 16.6. The van der Waals surface area contributed by atoms with Crippen LogP contribution in [0.2, 0.25) is 0 Å². The highest BCUT2D eigenvalue weighted by molar-refractivity contribution is 5.72. The van der Waals surface area contributed by atoms with Crippen LogP contribution >= 0.6 is 0 Å². The predicted octanol–water partition coefficient (Wildman–Crippen LogP) is 4.71. The average molecular weight is 349 g/mol. The second kappa shape index (κ2) is 5.24. The molecule has 4 aliphatic rings. The zero-order valence-electron chi connectivity index (χ0n) is 16.7. The molecule has 1 N–H and O–H groups in total. The maximum absolute atomic E-state index is 11.8. The number of rotatable bonds is 1. The Balaban J connectivity index is 1.68. The fourth-order valence-corrected chi connectivity index (χ4v) is 8.28. The number of aliphatic hydroxyl groups is 1. The lowest BCUT2D eigenvalue weighted by Gasteiger charge is -2.63. The Labute approximate surface area is 152 Å². The fraction of sp³-hybridized carbons (Fsp3) is 0.955. The van der Waals surface area contributed by atoms with Crippen LogP contribution < -0.4 is 0 Å². The van der Waals surface area contributed by atoms with E-state index in [1.807, 2.05) is 0 Å². The van der Waals surface area contributed by atoms with Gasteiger partial charge in [0.1, 0.15) is 5.60 Å². The molecule has 0 aromatic heterocycles. The summed E-state index contributed by atoms with van der Waals surface area (Å²) in [6.45, 7) is 11.8. The summed E-state index contributed by atoms with van der Waals surface area (Å²) in [6, 6.07) is 0. The molecule has 3 nitrogen and oxygen atoms in total. The predicted molar refractivity (Wildman–Crippen MR) is 97.9 cm³/mol. The van der Waals surface area contributed by atoms with Crippen LogP contribution in [0.15, 0.2) is 0 Å². The van der Waals surface area contributed by atoms with Crippen molar-refractivity contribution in [2.45, 2.75) is 97.7 Å². The number of carbonyl (C=O) groups excluding carboxylic acids is 1. The molecule has 0 spiro atoms. The van der Waals surface area contributed by atoms with Crippen molar-refractivity contribution in [1.29, 1.82) is 0 Å². The molecule has 1 heterocycles. The number of fused-ring (bicyclic) bond motifs is 3. The lowest BCUT2D eigenvalue weighted by molar-refractivity contribution is -0.184. The summed E-state index contributed by atoms with van der Waals surface area (Å²) in [4.78, 5) is 11.8. The van der Waals surface area contributed by atoms with Gasteiger partial charge in [0.05, 0.1) is 6.10 Å². The largest absolute Gasteiger partial charge is 0.459 e. The smallest absolute Gasteiger partial charge is 0.306 e. The number of aliphatic hydroxyl groups excluding tert-OH is 1. The van der Waals surface area contributed by atoms with Crippen molar-refractivity contribution in [3.05, 3.63) is 0 Å². The van der Waals surface area contributed by atoms with Gasteiger partial charge in [0, 0.05) is 12.3 Å². The third-order valence-corrected chi connectivity index (χ3v) is 9.52. The number of hydrogen-bond donors (Lipinski definition) is 1. The number of ether oxygens (including phenoxy) is 1. The van der Waals surface area contributed by atoms with E-state index in [2.05, 4.69) is 34.6 Å². The van der Waals surface area contributed by atoms with Crippen LogP contribution in [0.25, 0.3) is 0 Å². The summed E-state index contributed by atoms with van der Waals surface area (Å²) in [7, 11) is 0. The molecule has 3 saturated carbocycles. The van der Waals surface area contributed by atoms with Gasteiger partial charge in [0.2, 0.25) is 0 Å². The van der Waals surface area contributed by atoms with E-state index in [-0.39, 0.29) is 28.5 Å². The highest BCUT2D eigenvalue weighted by Crippen LogP contribution is 2.71. The Hall–Kier alpha value is -0.570. The minimum Gasteiger partial charge on any atom is -0.459 e. The van der Waals surface area contributed by atoms with E-state index in [0.717, 1.165) is 19.3 Å². The standard InChI is InChI=1S/C22H36O3/c1-19(2)14-8-11-21(4)15(20(14,3)12-9-17(19)23)6-7-16(21)22(5)13-10-18(24)25-22/h14-17,23H,6-13H2,1-5H3/t14-,15?,16+,17-,20-,21+,22-/m0/s1. The van der Waals surface area contributed by atoms with Gasteiger partial charge >= 0.3 is 5.97 Å². The molecular weight excluding hydrogens is 312 g/mol. The molecule has 3 heteroatoms. The summed E-state index contributed by atoms with van der Waals surface area (Å²) in [6.07, 6.45) is 8.26. The molecule has 1 unspecified atom stereocenters. The van der Waals surface area contributed by atoms with Gasteiger partial charge in [-0.05, 0) is 80.0 Å². The summed E-state index contributed by atoms with van der Waals surface area (Å²) in [5, 5.41) is 10.6. The molecule has 3 aliphatic carbocycles. The van der Waals surface area contributed by atoms with Gasteiger partial charge in [-0.25, -0.2) is 0 Å². The van der Waals surface area contributed by atoms with Crippen molar-refractivity contribution in [3.8, 4) is 0 Å². The first kappa shape index (κ1) is 17.8. The van der Waals surface area contributed by atoms with Crippen molar-refractivity contribution in [1.82, 2.24) is 0 Å². The van der Waals surface area contributed by atoms with Gasteiger partial charge in [0.25, 0.3) is 0 Å². The summed E-state index contributed by atoms with van der Waals surface area (Å²) < 4.78 is 5.89. The zero-order valence-corrected chi connectivity index (χ0v) is 16.7. The van der Waals surface area contributed by atoms with E-state index in [4.69, 9.17) is 4.74 Å². The Bertz CT molecular complexity index is 584. The van der Waals surface area contributed by atoms with Crippen molar-refractivity contribution in [2.24, 2.45) is 34.0 Å². The molecule has 142 valence electrons. The second-order valence-electron chi connectivity index (χ2n) is 10.9. The lowest BCUT2D eigenvalue weighted by atomic mass is 9.42. The van der Waals surface area contributed by atoms with Gasteiger partial charge in [-0.15, -0.1) is 0 Å². The first-order valence-electron chi connectivity index (χ1n) is 10.4. The monoisotopic (exact) mass is 348 g/mol. The number of hydrogen-bond acceptors (Lipinski definition) is 3. The highest BCUT2D eigenvalue weighted by Gasteiger charge is 2.66. The quantitative estimate of drug-likeness (QED) is 0.698. The molecule has 0 aromatic rings. The van der Waals surface area contributed by atoms with Crippen molar-refractivity contribution >= 4 is 5.97 Å². The molecule has 0 radical (unpaired) electrons. The van der Waals surface area contributed by atoms with Gasteiger partial charge < -0.3 is 9.84 Å². The van der Waals surface area contributed by atoms with E-state index < -0.39 is 0 Å². The fourth-order valence-electron chi connectivity index (χ4n) is 8.28. The Morgan fingerprint density at radius 1 is 0.840 bits per heavy atom. The molecule has 1 saturated heterocycles. The second-order valence-corrected chi connectivity index (χ2v) is 10.9. The minimum absolute atomic E-state index is 0.00336. The summed E-state index contributed by atoms with van der Waals surface area (Å²) >= 11 is 0.